The Kier molecular flexibility index (Phi) is 5.56. The first-order valence-electron chi connectivity index (χ1n) is 8.86. The number of methoxy groups -OCH3 is 1. The SMILES string of the molecule is COc1ccc(Cl)cc1/C(O)=C1/C(=O)C(=O)N(c2ccc(Cl)cc2)C1c1cccs1. The maximum Gasteiger partial charge on any atom is 0.300 e. The van der Waals surface area contributed by atoms with Crippen LogP contribution in [0.3, 0.4) is 0 Å². The molecule has 1 aliphatic rings. The summed E-state index contributed by atoms with van der Waals surface area (Å²) in [5.74, 6) is -1.54. The molecule has 2 heterocycles. The standard InChI is InChI=1S/C22H15Cl2NO4S/c1-29-16-9-6-13(24)11-15(16)20(26)18-19(17-3-2-10-30-17)25(22(28)21(18)27)14-7-4-12(23)5-8-14/h2-11,19,26H,1H3/b20-18-. The lowest BCUT2D eigenvalue weighted by atomic mass is 9.99. The molecule has 1 amide bonds. The fourth-order valence-corrected chi connectivity index (χ4v) is 4.55. The summed E-state index contributed by atoms with van der Waals surface area (Å²) in [5, 5.41) is 13.9. The van der Waals surface area contributed by atoms with Gasteiger partial charge in [-0.2, -0.15) is 0 Å². The van der Waals surface area contributed by atoms with Gasteiger partial charge in [0.15, 0.2) is 0 Å². The predicted molar refractivity (Wildman–Crippen MR) is 119 cm³/mol. The first kappa shape index (κ1) is 20.5. The third-order valence-electron chi connectivity index (χ3n) is 4.78. The van der Waals surface area contributed by atoms with Gasteiger partial charge in [0, 0.05) is 20.6 Å². The van der Waals surface area contributed by atoms with E-state index in [2.05, 4.69) is 0 Å². The number of rotatable bonds is 4. The van der Waals surface area contributed by atoms with Crippen molar-refractivity contribution in [2.75, 3.05) is 12.0 Å². The van der Waals surface area contributed by atoms with E-state index in [1.54, 1.807) is 36.4 Å². The van der Waals surface area contributed by atoms with Crippen LogP contribution in [0.25, 0.3) is 5.76 Å². The van der Waals surface area contributed by atoms with Crippen molar-refractivity contribution in [1.29, 1.82) is 0 Å². The van der Waals surface area contributed by atoms with Crippen molar-refractivity contribution in [1.82, 2.24) is 0 Å². The van der Waals surface area contributed by atoms with Crippen molar-refractivity contribution < 1.29 is 19.4 Å². The Labute approximate surface area is 186 Å². The van der Waals surface area contributed by atoms with Gasteiger partial charge in [-0.15, -0.1) is 11.3 Å². The average molecular weight is 460 g/mol. The van der Waals surface area contributed by atoms with Gasteiger partial charge in [0.1, 0.15) is 17.6 Å². The molecule has 0 saturated carbocycles. The lowest BCUT2D eigenvalue weighted by Crippen LogP contribution is -2.29. The summed E-state index contributed by atoms with van der Waals surface area (Å²) in [4.78, 5) is 28.2. The summed E-state index contributed by atoms with van der Waals surface area (Å²) in [6.45, 7) is 0. The maximum absolute atomic E-state index is 13.1. The molecule has 1 aromatic heterocycles. The molecule has 1 fully saturated rings. The fraction of sp³-hybridized carbons (Fsp3) is 0.0909. The largest absolute Gasteiger partial charge is 0.507 e. The highest BCUT2D eigenvalue weighted by Crippen LogP contribution is 2.44. The predicted octanol–water partition coefficient (Wildman–Crippen LogP) is 5.69. The lowest BCUT2D eigenvalue weighted by Gasteiger charge is -2.24. The number of ether oxygens (including phenoxy) is 1. The van der Waals surface area contributed by atoms with Crippen LogP contribution in [0.5, 0.6) is 5.75 Å². The Morgan fingerprint density at radius 2 is 1.77 bits per heavy atom. The van der Waals surface area contributed by atoms with Crippen molar-refractivity contribution in [2.24, 2.45) is 0 Å². The minimum Gasteiger partial charge on any atom is -0.507 e. The van der Waals surface area contributed by atoms with Crippen LogP contribution >= 0.6 is 34.5 Å². The third kappa shape index (κ3) is 3.47. The highest BCUT2D eigenvalue weighted by molar-refractivity contribution is 7.10. The molecule has 8 heteroatoms. The second-order valence-electron chi connectivity index (χ2n) is 6.51. The molecule has 1 atom stereocenters. The summed E-state index contributed by atoms with van der Waals surface area (Å²) < 4.78 is 5.32. The lowest BCUT2D eigenvalue weighted by molar-refractivity contribution is -0.132. The zero-order chi connectivity index (χ0) is 21.4. The number of aliphatic hydroxyl groups excluding tert-OH is 1. The Morgan fingerprint density at radius 3 is 2.40 bits per heavy atom. The molecular formula is C22H15Cl2NO4S. The van der Waals surface area contributed by atoms with E-state index in [0.717, 1.165) is 4.88 Å². The number of hydrogen-bond donors (Lipinski definition) is 1. The van der Waals surface area contributed by atoms with E-state index >= 15 is 0 Å². The normalized spacial score (nSPS) is 18.1. The molecule has 4 rings (SSSR count). The number of aliphatic hydroxyl groups is 1. The van der Waals surface area contributed by atoms with Gasteiger partial charge in [0.25, 0.3) is 11.7 Å². The van der Waals surface area contributed by atoms with E-state index in [1.807, 2.05) is 17.5 Å². The number of carbonyl (C=O) groups is 2. The van der Waals surface area contributed by atoms with Crippen LogP contribution in [-0.2, 0) is 9.59 Å². The first-order valence-corrected chi connectivity index (χ1v) is 10.5. The van der Waals surface area contributed by atoms with E-state index in [9.17, 15) is 14.7 Å². The first-order chi connectivity index (χ1) is 14.4. The number of halogens is 2. The second kappa shape index (κ2) is 8.14. The van der Waals surface area contributed by atoms with Gasteiger partial charge in [0.2, 0.25) is 0 Å². The monoisotopic (exact) mass is 459 g/mol. The van der Waals surface area contributed by atoms with E-state index in [4.69, 9.17) is 27.9 Å². The van der Waals surface area contributed by atoms with Gasteiger partial charge < -0.3 is 9.84 Å². The van der Waals surface area contributed by atoms with E-state index in [1.165, 1.54) is 29.4 Å². The average Bonchev–Trinajstić information content (AvgIpc) is 3.35. The van der Waals surface area contributed by atoms with Crippen molar-refractivity contribution in [3.8, 4) is 5.75 Å². The number of nitrogens with zero attached hydrogens (tertiary/aromatic N) is 1. The maximum atomic E-state index is 13.1. The molecule has 1 aliphatic heterocycles. The van der Waals surface area contributed by atoms with Crippen molar-refractivity contribution in [3.63, 3.8) is 0 Å². The van der Waals surface area contributed by atoms with Crippen LogP contribution in [0.1, 0.15) is 16.5 Å². The molecule has 1 N–H and O–H groups in total. The topological polar surface area (TPSA) is 66.8 Å². The quantitative estimate of drug-likeness (QED) is 0.309. The molecule has 30 heavy (non-hydrogen) atoms. The number of carbonyl (C=O) groups excluding carboxylic acids is 2. The smallest absolute Gasteiger partial charge is 0.300 e. The zero-order valence-corrected chi connectivity index (χ0v) is 18.0. The Balaban J connectivity index is 1.95. The van der Waals surface area contributed by atoms with Crippen LogP contribution in [0.2, 0.25) is 10.0 Å². The number of anilines is 1. The van der Waals surface area contributed by atoms with Gasteiger partial charge in [-0.25, -0.2) is 0 Å². The highest BCUT2D eigenvalue weighted by Gasteiger charge is 2.47. The van der Waals surface area contributed by atoms with Gasteiger partial charge in [-0.1, -0.05) is 29.3 Å². The Morgan fingerprint density at radius 1 is 1.07 bits per heavy atom. The number of Topliss-reactive ketones (excluding diaryl/α,β-unsaturated/α-hetero) is 1. The van der Waals surface area contributed by atoms with Crippen LogP contribution < -0.4 is 9.64 Å². The molecule has 2 aromatic carbocycles. The van der Waals surface area contributed by atoms with Gasteiger partial charge in [-0.05, 0) is 53.9 Å². The van der Waals surface area contributed by atoms with Crippen molar-refractivity contribution in [2.45, 2.75) is 6.04 Å². The van der Waals surface area contributed by atoms with Crippen LogP contribution in [0, 0.1) is 0 Å². The number of benzene rings is 2. The Hall–Kier alpha value is -2.80. The molecule has 0 radical (unpaired) electrons. The highest BCUT2D eigenvalue weighted by atomic mass is 35.5. The van der Waals surface area contributed by atoms with Gasteiger partial charge in [0.05, 0.1) is 18.2 Å². The van der Waals surface area contributed by atoms with Crippen molar-refractivity contribution in [3.05, 3.63) is 86.0 Å². The third-order valence-corrected chi connectivity index (χ3v) is 6.19. The number of amides is 1. The molecule has 152 valence electrons. The van der Waals surface area contributed by atoms with Gasteiger partial charge >= 0.3 is 0 Å². The summed E-state index contributed by atoms with van der Waals surface area (Å²) >= 11 is 13.5. The zero-order valence-electron chi connectivity index (χ0n) is 15.6. The molecular weight excluding hydrogens is 445 g/mol. The van der Waals surface area contributed by atoms with Crippen molar-refractivity contribution >= 4 is 57.7 Å². The molecule has 5 nitrogen and oxygen atoms in total. The molecule has 3 aromatic rings. The van der Waals surface area contributed by atoms with E-state index in [0.29, 0.717) is 21.5 Å². The Bertz CT molecular complexity index is 1160. The van der Waals surface area contributed by atoms with Gasteiger partial charge in [-0.3, -0.25) is 14.5 Å². The number of thiophene rings is 1. The van der Waals surface area contributed by atoms with E-state index < -0.39 is 17.7 Å². The minimum absolute atomic E-state index is 0.0297. The molecule has 1 saturated heterocycles. The second-order valence-corrected chi connectivity index (χ2v) is 8.36. The summed E-state index contributed by atoms with van der Waals surface area (Å²) in [7, 11) is 1.45. The molecule has 0 spiro atoms. The summed E-state index contributed by atoms with van der Waals surface area (Å²) in [5.41, 5.74) is 0.704. The number of hydrogen-bond acceptors (Lipinski definition) is 5. The van der Waals surface area contributed by atoms with E-state index in [-0.39, 0.29) is 16.9 Å². The summed E-state index contributed by atoms with van der Waals surface area (Å²) in [6, 6.07) is 14.1. The molecule has 1 unspecified atom stereocenters. The van der Waals surface area contributed by atoms with Crippen LogP contribution in [0.15, 0.2) is 65.6 Å². The van der Waals surface area contributed by atoms with Crippen LogP contribution in [-0.4, -0.2) is 23.9 Å². The van der Waals surface area contributed by atoms with Crippen LogP contribution in [0.4, 0.5) is 5.69 Å². The molecule has 0 aliphatic carbocycles. The molecule has 0 bridgehead atoms. The summed E-state index contributed by atoms with van der Waals surface area (Å²) in [6.07, 6.45) is 0. The number of ketones is 1. The fourth-order valence-electron chi connectivity index (χ4n) is 3.43. The minimum atomic E-state index is -0.796.